The van der Waals surface area contributed by atoms with Crippen LogP contribution < -0.4 is 4.80 Å². The molecule has 1 heterocycles. The van der Waals surface area contributed by atoms with Crippen LogP contribution in [0.5, 0.6) is 0 Å². The molecule has 0 atom stereocenters. The molecule has 186 valence electrons. The van der Waals surface area contributed by atoms with Gasteiger partial charge in [-0.3, -0.25) is 14.9 Å². The number of aryl methyl sites for hydroxylation is 1. The fourth-order valence-corrected chi connectivity index (χ4v) is 6.38. The van der Waals surface area contributed by atoms with Gasteiger partial charge in [0.2, 0.25) is 10.0 Å². The first-order valence-electron chi connectivity index (χ1n) is 11.1. The van der Waals surface area contributed by atoms with Crippen molar-refractivity contribution >= 4 is 43.2 Å². The maximum atomic E-state index is 13.3. The van der Waals surface area contributed by atoms with E-state index in [-0.39, 0.29) is 28.7 Å². The van der Waals surface area contributed by atoms with E-state index in [9.17, 15) is 23.3 Å². The van der Waals surface area contributed by atoms with E-state index in [0.29, 0.717) is 15.0 Å². The highest BCUT2D eigenvalue weighted by Crippen LogP contribution is 2.24. The highest BCUT2D eigenvalue weighted by Gasteiger charge is 2.27. The largest absolute Gasteiger partial charge is 0.319 e. The Hall–Kier alpha value is -3.67. The van der Waals surface area contributed by atoms with Crippen LogP contribution in [-0.2, 0) is 23.6 Å². The van der Waals surface area contributed by atoms with Gasteiger partial charge in [-0.05, 0) is 49.7 Å². The Labute approximate surface area is 212 Å². The third-order valence-electron chi connectivity index (χ3n) is 5.67. The van der Waals surface area contributed by atoms with Crippen molar-refractivity contribution in [1.82, 2.24) is 8.87 Å². The van der Waals surface area contributed by atoms with Crippen LogP contribution in [0.4, 0.5) is 5.69 Å². The summed E-state index contributed by atoms with van der Waals surface area (Å²) in [6.07, 6.45) is 0. The molecule has 0 spiro atoms. The highest BCUT2D eigenvalue weighted by molar-refractivity contribution is 7.89. The number of fused-ring (bicyclic) bond motifs is 1. The minimum absolute atomic E-state index is 0.0401. The second-order valence-corrected chi connectivity index (χ2v) is 11.3. The van der Waals surface area contributed by atoms with Gasteiger partial charge in [0.15, 0.2) is 4.80 Å². The van der Waals surface area contributed by atoms with Crippen molar-refractivity contribution in [3.63, 3.8) is 0 Å². The first kappa shape index (κ1) is 25.4. The van der Waals surface area contributed by atoms with Gasteiger partial charge in [-0.15, -0.1) is 0 Å². The quantitative estimate of drug-likeness (QED) is 0.261. The van der Waals surface area contributed by atoms with Crippen molar-refractivity contribution in [3.8, 4) is 0 Å². The molecule has 36 heavy (non-hydrogen) atoms. The van der Waals surface area contributed by atoms with Gasteiger partial charge >= 0.3 is 0 Å². The number of carbonyl (C=O) groups excluding carboxylic acids is 1. The maximum absolute atomic E-state index is 13.3. The van der Waals surface area contributed by atoms with Crippen molar-refractivity contribution in [3.05, 3.63) is 98.8 Å². The number of hydrogen-bond acceptors (Lipinski definition) is 6. The predicted molar refractivity (Wildman–Crippen MR) is 138 cm³/mol. The van der Waals surface area contributed by atoms with Crippen molar-refractivity contribution in [1.29, 1.82) is 0 Å². The standard InChI is InChI=1S/C25H24N4O5S2/c1-17(2)28(16-18-7-5-4-6-8-18)36(33,34)21-12-9-19(10-13-21)24(30)26-25-27(3)22-14-11-20(29(31)32)15-23(22)35-25/h4-15,17H,16H2,1-3H3. The van der Waals surface area contributed by atoms with Crippen molar-refractivity contribution < 1.29 is 18.1 Å². The number of rotatable bonds is 7. The van der Waals surface area contributed by atoms with Crippen molar-refractivity contribution in [2.75, 3.05) is 0 Å². The SMILES string of the molecule is CC(C)N(Cc1ccccc1)S(=O)(=O)c1ccc(C(=O)N=c2sc3cc([N+](=O)[O-])ccc3n2C)cc1. The molecule has 0 radical (unpaired) electrons. The zero-order valence-corrected chi connectivity index (χ0v) is 21.5. The van der Waals surface area contributed by atoms with E-state index < -0.39 is 20.9 Å². The molecule has 0 aliphatic carbocycles. The van der Waals surface area contributed by atoms with Crippen LogP contribution in [0, 0.1) is 10.1 Å². The smallest absolute Gasteiger partial charge is 0.279 e. The molecular weight excluding hydrogens is 500 g/mol. The van der Waals surface area contributed by atoms with E-state index in [0.717, 1.165) is 16.9 Å². The van der Waals surface area contributed by atoms with Crippen LogP contribution in [0.15, 0.2) is 82.7 Å². The molecule has 0 saturated carbocycles. The number of nitro benzene ring substituents is 1. The van der Waals surface area contributed by atoms with Gasteiger partial charge < -0.3 is 4.57 Å². The second-order valence-electron chi connectivity index (χ2n) is 8.42. The number of aromatic nitrogens is 1. The molecule has 0 unspecified atom stereocenters. The molecule has 3 aromatic carbocycles. The molecule has 9 nitrogen and oxygen atoms in total. The topological polar surface area (TPSA) is 115 Å². The van der Waals surface area contributed by atoms with Gasteiger partial charge in [0.25, 0.3) is 11.6 Å². The number of carbonyl (C=O) groups is 1. The summed E-state index contributed by atoms with van der Waals surface area (Å²) < 4.78 is 30.4. The summed E-state index contributed by atoms with van der Waals surface area (Å²) in [5.74, 6) is -0.541. The Morgan fingerprint density at radius 2 is 1.75 bits per heavy atom. The Morgan fingerprint density at radius 1 is 1.08 bits per heavy atom. The van der Waals surface area contributed by atoms with Gasteiger partial charge in [-0.2, -0.15) is 9.30 Å². The average molecular weight is 525 g/mol. The van der Waals surface area contributed by atoms with E-state index >= 15 is 0 Å². The molecule has 0 N–H and O–H groups in total. The van der Waals surface area contributed by atoms with Crippen LogP contribution in [0.3, 0.4) is 0 Å². The molecule has 0 bridgehead atoms. The summed E-state index contributed by atoms with van der Waals surface area (Å²) in [5.41, 5.74) is 1.78. The van der Waals surface area contributed by atoms with Gasteiger partial charge in [-0.25, -0.2) is 8.42 Å². The van der Waals surface area contributed by atoms with E-state index in [2.05, 4.69) is 4.99 Å². The van der Waals surface area contributed by atoms with Gasteiger partial charge in [0.1, 0.15) is 0 Å². The van der Waals surface area contributed by atoms with Crippen LogP contribution in [-0.4, -0.2) is 34.2 Å². The summed E-state index contributed by atoms with van der Waals surface area (Å²) in [4.78, 5) is 28.0. The van der Waals surface area contributed by atoms with E-state index in [1.165, 1.54) is 40.7 Å². The lowest BCUT2D eigenvalue weighted by molar-refractivity contribution is -0.384. The lowest BCUT2D eigenvalue weighted by Crippen LogP contribution is -2.36. The lowest BCUT2D eigenvalue weighted by Gasteiger charge is -2.26. The van der Waals surface area contributed by atoms with Gasteiger partial charge in [0, 0.05) is 37.3 Å². The molecular formula is C25H24N4O5S2. The van der Waals surface area contributed by atoms with Crippen LogP contribution in [0.2, 0.25) is 0 Å². The number of non-ortho nitro benzene ring substituents is 1. The zero-order chi connectivity index (χ0) is 26.0. The molecule has 0 saturated heterocycles. The maximum Gasteiger partial charge on any atom is 0.279 e. The third kappa shape index (κ3) is 5.13. The molecule has 0 fully saturated rings. The number of thiazole rings is 1. The van der Waals surface area contributed by atoms with Crippen LogP contribution >= 0.6 is 11.3 Å². The fraction of sp³-hybridized carbons (Fsp3) is 0.200. The predicted octanol–water partition coefficient (Wildman–Crippen LogP) is 4.49. The summed E-state index contributed by atoms with van der Waals surface area (Å²) in [6, 6.07) is 19.2. The Bertz CT molecular complexity index is 1610. The molecule has 1 aromatic heterocycles. The number of sulfonamides is 1. The molecule has 0 aliphatic heterocycles. The zero-order valence-electron chi connectivity index (χ0n) is 19.9. The van der Waals surface area contributed by atoms with Crippen molar-refractivity contribution in [2.45, 2.75) is 31.3 Å². The average Bonchev–Trinajstić information content (AvgIpc) is 3.17. The second kappa shape index (κ2) is 10.1. The Morgan fingerprint density at radius 3 is 2.36 bits per heavy atom. The lowest BCUT2D eigenvalue weighted by atomic mass is 10.2. The Kier molecular flexibility index (Phi) is 7.16. The number of nitrogens with zero attached hydrogens (tertiary/aromatic N) is 4. The number of amides is 1. The summed E-state index contributed by atoms with van der Waals surface area (Å²) >= 11 is 1.16. The van der Waals surface area contributed by atoms with E-state index in [1.54, 1.807) is 17.7 Å². The molecule has 11 heteroatoms. The minimum Gasteiger partial charge on any atom is -0.319 e. The normalized spacial score (nSPS) is 12.5. The van der Waals surface area contributed by atoms with E-state index in [1.807, 2.05) is 44.2 Å². The number of hydrogen-bond donors (Lipinski definition) is 0. The van der Waals surface area contributed by atoms with Crippen molar-refractivity contribution in [2.24, 2.45) is 12.0 Å². The minimum atomic E-state index is -3.80. The fourth-order valence-electron chi connectivity index (χ4n) is 3.71. The van der Waals surface area contributed by atoms with Gasteiger partial charge in [0.05, 0.1) is 20.0 Å². The Balaban J connectivity index is 1.61. The summed E-state index contributed by atoms with van der Waals surface area (Å²) in [7, 11) is -2.08. The monoisotopic (exact) mass is 524 g/mol. The summed E-state index contributed by atoms with van der Waals surface area (Å²) in [5, 5.41) is 11.0. The van der Waals surface area contributed by atoms with Crippen LogP contribution in [0.25, 0.3) is 10.2 Å². The molecule has 4 aromatic rings. The molecule has 1 amide bonds. The molecule has 0 aliphatic rings. The molecule has 4 rings (SSSR count). The van der Waals surface area contributed by atoms with Crippen LogP contribution in [0.1, 0.15) is 29.8 Å². The first-order chi connectivity index (χ1) is 17.1. The first-order valence-corrected chi connectivity index (χ1v) is 13.3. The third-order valence-corrected chi connectivity index (χ3v) is 8.80. The summed E-state index contributed by atoms with van der Waals surface area (Å²) in [6.45, 7) is 3.87. The highest BCUT2D eigenvalue weighted by atomic mass is 32.2. The van der Waals surface area contributed by atoms with E-state index in [4.69, 9.17) is 0 Å². The number of benzene rings is 3. The number of nitro groups is 1. The van der Waals surface area contributed by atoms with Gasteiger partial charge in [-0.1, -0.05) is 41.7 Å².